The molecule has 2 aliphatic rings. The fraction of sp³-hybridized carbons (Fsp3) is 0.556. The summed E-state index contributed by atoms with van der Waals surface area (Å²) in [6.07, 6.45) is 0.217. The van der Waals surface area contributed by atoms with Gasteiger partial charge in [-0.2, -0.15) is 0 Å². The molecule has 3 N–H and O–H groups in total. The van der Waals surface area contributed by atoms with E-state index in [0.29, 0.717) is 32.9 Å². The maximum atomic E-state index is 12.3. The van der Waals surface area contributed by atoms with E-state index in [2.05, 4.69) is 17.1 Å². The lowest BCUT2D eigenvalue weighted by atomic mass is 10.2. The molecule has 9 heteroatoms. The number of amides is 1. The van der Waals surface area contributed by atoms with Gasteiger partial charge in [-0.15, -0.1) is 0 Å². The van der Waals surface area contributed by atoms with Crippen LogP contribution in [0, 0.1) is 0 Å². The van der Waals surface area contributed by atoms with Crippen molar-refractivity contribution < 1.29 is 19.0 Å². The highest BCUT2D eigenvalue weighted by Gasteiger charge is 2.33. The second-order valence-electron chi connectivity index (χ2n) is 6.46. The van der Waals surface area contributed by atoms with Gasteiger partial charge in [-0.1, -0.05) is 6.92 Å². The Morgan fingerprint density at radius 1 is 1.41 bits per heavy atom. The first kappa shape index (κ1) is 19.5. The van der Waals surface area contributed by atoms with Crippen LogP contribution in [0.15, 0.2) is 18.2 Å². The van der Waals surface area contributed by atoms with Crippen molar-refractivity contribution in [2.24, 2.45) is 5.73 Å². The number of ether oxygens (including phenoxy) is 3. The normalized spacial score (nSPS) is 19.7. The van der Waals surface area contributed by atoms with Crippen molar-refractivity contribution in [1.29, 1.82) is 0 Å². The van der Waals surface area contributed by atoms with Gasteiger partial charge in [0, 0.05) is 19.2 Å². The summed E-state index contributed by atoms with van der Waals surface area (Å²) < 4.78 is 16.8. The van der Waals surface area contributed by atoms with Gasteiger partial charge in [-0.05, 0) is 30.8 Å². The standard InChI is InChI=1S/C18H26N4O4S/c1-2-7-25-16-10-13(3-4-15(16)21-5-8-24-9-6-21)22-12-14(26-18(22)23)11-20-17(19)27/h3-4,10,14H,2,5-9,11-12H2,1H3,(H3,19,20,27). The fourth-order valence-electron chi connectivity index (χ4n) is 3.12. The summed E-state index contributed by atoms with van der Waals surface area (Å²) in [7, 11) is 0. The number of hydrogen-bond donors (Lipinski definition) is 2. The predicted molar refractivity (Wildman–Crippen MR) is 108 cm³/mol. The van der Waals surface area contributed by atoms with E-state index in [-0.39, 0.29) is 17.3 Å². The molecule has 1 unspecified atom stereocenters. The van der Waals surface area contributed by atoms with Gasteiger partial charge in [0.05, 0.1) is 44.3 Å². The maximum Gasteiger partial charge on any atom is 0.414 e. The van der Waals surface area contributed by atoms with Crippen LogP contribution in [-0.2, 0) is 9.47 Å². The Morgan fingerprint density at radius 2 is 2.19 bits per heavy atom. The zero-order valence-corrected chi connectivity index (χ0v) is 16.3. The van der Waals surface area contributed by atoms with E-state index in [1.54, 1.807) is 4.90 Å². The number of hydrogen-bond acceptors (Lipinski definition) is 6. The highest BCUT2D eigenvalue weighted by atomic mass is 32.1. The Kier molecular flexibility index (Phi) is 6.57. The molecule has 0 radical (unpaired) electrons. The van der Waals surface area contributed by atoms with Gasteiger partial charge in [-0.25, -0.2) is 4.79 Å². The van der Waals surface area contributed by atoms with Crippen LogP contribution in [0.5, 0.6) is 5.75 Å². The van der Waals surface area contributed by atoms with Crippen LogP contribution in [0.1, 0.15) is 13.3 Å². The molecular weight excluding hydrogens is 368 g/mol. The maximum absolute atomic E-state index is 12.3. The van der Waals surface area contributed by atoms with Crippen LogP contribution < -0.4 is 25.6 Å². The van der Waals surface area contributed by atoms with E-state index < -0.39 is 0 Å². The molecular formula is C18H26N4O4S. The van der Waals surface area contributed by atoms with Gasteiger partial charge >= 0.3 is 6.09 Å². The number of benzene rings is 1. The highest BCUT2D eigenvalue weighted by Crippen LogP contribution is 2.35. The van der Waals surface area contributed by atoms with Crippen LogP contribution >= 0.6 is 12.2 Å². The Hall–Kier alpha value is -2.26. The molecule has 1 atom stereocenters. The number of nitrogens with zero attached hydrogens (tertiary/aromatic N) is 2. The number of carbonyl (C=O) groups excluding carboxylic acids is 1. The van der Waals surface area contributed by atoms with E-state index in [9.17, 15) is 4.79 Å². The molecule has 0 saturated carbocycles. The SMILES string of the molecule is CCCOc1cc(N2CC(CNC(N)=S)OC2=O)ccc1N1CCOCC1. The van der Waals surface area contributed by atoms with E-state index >= 15 is 0 Å². The summed E-state index contributed by atoms with van der Waals surface area (Å²) in [4.78, 5) is 16.1. The quantitative estimate of drug-likeness (QED) is 0.672. The lowest BCUT2D eigenvalue weighted by Crippen LogP contribution is -2.37. The topological polar surface area (TPSA) is 89.3 Å². The van der Waals surface area contributed by atoms with Crippen LogP contribution in [-0.4, -0.2) is 63.3 Å². The molecule has 1 aromatic rings. The van der Waals surface area contributed by atoms with Gasteiger partial charge in [0.15, 0.2) is 5.11 Å². The molecule has 0 spiro atoms. The zero-order chi connectivity index (χ0) is 19.2. The zero-order valence-electron chi connectivity index (χ0n) is 15.5. The second-order valence-corrected chi connectivity index (χ2v) is 6.90. The summed E-state index contributed by atoms with van der Waals surface area (Å²) in [6.45, 7) is 6.54. The number of rotatable bonds is 7. The minimum absolute atomic E-state index is 0.189. The molecule has 0 bridgehead atoms. The molecule has 2 aliphatic heterocycles. The minimum Gasteiger partial charge on any atom is -0.491 e. The van der Waals surface area contributed by atoms with Crippen molar-refractivity contribution in [2.45, 2.75) is 19.4 Å². The first-order chi connectivity index (χ1) is 13.1. The Bertz CT molecular complexity index is 681. The van der Waals surface area contributed by atoms with Crippen molar-refractivity contribution in [3.63, 3.8) is 0 Å². The summed E-state index contributed by atoms with van der Waals surface area (Å²) in [5.74, 6) is 0.772. The molecule has 0 aliphatic carbocycles. The van der Waals surface area contributed by atoms with Gasteiger partial charge in [-0.3, -0.25) is 4.90 Å². The van der Waals surface area contributed by atoms with Crippen molar-refractivity contribution in [3.8, 4) is 5.75 Å². The van der Waals surface area contributed by atoms with Gasteiger partial charge in [0.25, 0.3) is 0 Å². The lowest BCUT2D eigenvalue weighted by Gasteiger charge is -2.30. The number of anilines is 2. The Balaban J connectivity index is 1.77. The van der Waals surface area contributed by atoms with Gasteiger partial charge < -0.3 is 30.2 Å². The Morgan fingerprint density at radius 3 is 2.89 bits per heavy atom. The van der Waals surface area contributed by atoms with Gasteiger partial charge in [0.1, 0.15) is 11.9 Å². The average molecular weight is 394 g/mol. The van der Waals surface area contributed by atoms with Crippen molar-refractivity contribution in [3.05, 3.63) is 18.2 Å². The third kappa shape index (κ3) is 4.92. The first-order valence-electron chi connectivity index (χ1n) is 9.19. The lowest BCUT2D eigenvalue weighted by molar-refractivity contribution is 0.122. The molecule has 0 aromatic heterocycles. The van der Waals surface area contributed by atoms with E-state index in [1.807, 2.05) is 18.2 Å². The van der Waals surface area contributed by atoms with Crippen LogP contribution in [0.25, 0.3) is 0 Å². The second kappa shape index (κ2) is 9.09. The largest absolute Gasteiger partial charge is 0.491 e. The molecule has 1 amide bonds. The molecule has 2 saturated heterocycles. The number of nitrogens with one attached hydrogen (secondary N) is 1. The molecule has 8 nitrogen and oxygen atoms in total. The number of carbonyl (C=O) groups is 1. The predicted octanol–water partition coefficient (Wildman–Crippen LogP) is 1.47. The minimum atomic E-state index is -0.384. The third-order valence-corrected chi connectivity index (χ3v) is 4.59. The van der Waals surface area contributed by atoms with Crippen LogP contribution in [0.2, 0.25) is 0 Å². The summed E-state index contributed by atoms with van der Waals surface area (Å²) in [6, 6.07) is 5.83. The van der Waals surface area contributed by atoms with Crippen molar-refractivity contribution in [2.75, 3.05) is 55.8 Å². The number of morpholine rings is 1. The Labute approximate surface area is 164 Å². The molecule has 1 aromatic carbocycles. The van der Waals surface area contributed by atoms with Gasteiger partial charge in [0.2, 0.25) is 0 Å². The summed E-state index contributed by atoms with van der Waals surface area (Å²) in [5.41, 5.74) is 7.21. The third-order valence-electron chi connectivity index (χ3n) is 4.45. The number of cyclic esters (lactones) is 1. The molecule has 148 valence electrons. The molecule has 2 fully saturated rings. The summed E-state index contributed by atoms with van der Waals surface area (Å²) in [5, 5.41) is 3.02. The molecule has 2 heterocycles. The smallest absolute Gasteiger partial charge is 0.414 e. The number of nitrogens with two attached hydrogens (primary N) is 1. The molecule has 3 rings (SSSR count). The van der Waals surface area contributed by atoms with Crippen molar-refractivity contribution >= 4 is 34.8 Å². The monoisotopic (exact) mass is 394 g/mol. The fourth-order valence-corrected chi connectivity index (χ4v) is 3.20. The number of thiocarbonyl (C=S) groups is 1. The van der Waals surface area contributed by atoms with E-state index in [1.165, 1.54) is 0 Å². The summed E-state index contributed by atoms with van der Waals surface area (Å²) >= 11 is 4.80. The first-order valence-corrected chi connectivity index (χ1v) is 9.60. The molecule has 27 heavy (non-hydrogen) atoms. The average Bonchev–Trinajstić information content (AvgIpc) is 3.06. The van der Waals surface area contributed by atoms with Crippen LogP contribution in [0.3, 0.4) is 0 Å². The highest BCUT2D eigenvalue weighted by molar-refractivity contribution is 7.80. The van der Waals surface area contributed by atoms with Crippen molar-refractivity contribution in [1.82, 2.24) is 5.32 Å². The van der Waals surface area contributed by atoms with E-state index in [0.717, 1.165) is 36.6 Å². The van der Waals surface area contributed by atoms with E-state index in [4.69, 9.17) is 32.2 Å². The van der Waals surface area contributed by atoms with Crippen LogP contribution in [0.4, 0.5) is 16.2 Å².